The molecule has 1 aromatic heterocycles. The number of aromatic nitrogens is 1. The average molecular weight is 308 g/mol. The third-order valence-corrected chi connectivity index (χ3v) is 3.48. The van der Waals surface area contributed by atoms with E-state index in [2.05, 4.69) is 52.1 Å². The lowest BCUT2D eigenvalue weighted by Gasteiger charge is -2.02. The summed E-state index contributed by atoms with van der Waals surface area (Å²) >= 11 is 3.43. The summed E-state index contributed by atoms with van der Waals surface area (Å²) in [5.74, 6) is 1.61. The standard InChI is InChI=1S/C15H18BrNO/c1-3-4-5-12-6-8-13(9-7-12)15-14(10-16)18-11(2)17-15/h6-9H,3-5,10H2,1-2H3. The van der Waals surface area contributed by atoms with Crippen molar-refractivity contribution in [3.05, 3.63) is 41.5 Å². The van der Waals surface area contributed by atoms with Crippen LogP contribution in [0.5, 0.6) is 0 Å². The van der Waals surface area contributed by atoms with Crippen molar-refractivity contribution in [1.29, 1.82) is 0 Å². The second-order valence-corrected chi connectivity index (χ2v) is 5.00. The molecule has 0 N–H and O–H groups in total. The van der Waals surface area contributed by atoms with Gasteiger partial charge in [0.25, 0.3) is 0 Å². The predicted molar refractivity (Wildman–Crippen MR) is 77.9 cm³/mol. The summed E-state index contributed by atoms with van der Waals surface area (Å²) in [6, 6.07) is 8.64. The van der Waals surface area contributed by atoms with Crippen molar-refractivity contribution in [2.24, 2.45) is 0 Å². The molecule has 3 heteroatoms. The van der Waals surface area contributed by atoms with Crippen molar-refractivity contribution in [1.82, 2.24) is 4.98 Å². The van der Waals surface area contributed by atoms with Gasteiger partial charge in [0.2, 0.25) is 0 Å². The smallest absolute Gasteiger partial charge is 0.191 e. The topological polar surface area (TPSA) is 26.0 Å². The third-order valence-electron chi connectivity index (χ3n) is 2.97. The van der Waals surface area contributed by atoms with E-state index in [1.165, 1.54) is 18.4 Å². The molecule has 0 fully saturated rings. The van der Waals surface area contributed by atoms with Gasteiger partial charge in [-0.3, -0.25) is 0 Å². The van der Waals surface area contributed by atoms with Gasteiger partial charge >= 0.3 is 0 Å². The van der Waals surface area contributed by atoms with E-state index in [9.17, 15) is 0 Å². The Morgan fingerprint density at radius 3 is 2.56 bits per heavy atom. The highest BCUT2D eigenvalue weighted by Crippen LogP contribution is 2.26. The first-order valence-electron chi connectivity index (χ1n) is 6.36. The fourth-order valence-corrected chi connectivity index (χ4v) is 2.38. The van der Waals surface area contributed by atoms with Crippen LogP contribution in [0.15, 0.2) is 28.7 Å². The molecular formula is C15H18BrNO. The average Bonchev–Trinajstić information content (AvgIpc) is 2.78. The Morgan fingerprint density at radius 2 is 1.94 bits per heavy atom. The fraction of sp³-hybridized carbons (Fsp3) is 0.400. The first kappa shape index (κ1) is 13.3. The van der Waals surface area contributed by atoms with Gasteiger partial charge in [-0.25, -0.2) is 4.98 Å². The highest BCUT2D eigenvalue weighted by Gasteiger charge is 2.11. The molecule has 1 heterocycles. The van der Waals surface area contributed by atoms with Crippen molar-refractivity contribution in [2.45, 2.75) is 38.4 Å². The van der Waals surface area contributed by atoms with Gasteiger partial charge in [0.05, 0.1) is 5.33 Å². The number of halogens is 1. The zero-order chi connectivity index (χ0) is 13.0. The molecule has 0 unspecified atom stereocenters. The zero-order valence-electron chi connectivity index (χ0n) is 10.9. The second kappa shape index (κ2) is 6.19. The number of benzene rings is 1. The number of unbranched alkanes of at least 4 members (excludes halogenated alkanes) is 1. The van der Waals surface area contributed by atoms with Gasteiger partial charge in [-0.15, -0.1) is 0 Å². The molecule has 0 amide bonds. The van der Waals surface area contributed by atoms with E-state index in [4.69, 9.17) is 4.42 Å². The molecule has 2 nitrogen and oxygen atoms in total. The zero-order valence-corrected chi connectivity index (χ0v) is 12.5. The number of alkyl halides is 1. The van der Waals surface area contributed by atoms with E-state index in [1.807, 2.05) is 6.92 Å². The number of rotatable bonds is 5. The van der Waals surface area contributed by atoms with Crippen molar-refractivity contribution in [3.63, 3.8) is 0 Å². The van der Waals surface area contributed by atoms with E-state index in [1.54, 1.807) is 0 Å². The van der Waals surface area contributed by atoms with Crippen LogP contribution in [0.4, 0.5) is 0 Å². The largest absolute Gasteiger partial charge is 0.444 e. The second-order valence-electron chi connectivity index (χ2n) is 4.44. The lowest BCUT2D eigenvalue weighted by atomic mass is 10.0. The van der Waals surface area contributed by atoms with Crippen LogP contribution >= 0.6 is 15.9 Å². The molecule has 18 heavy (non-hydrogen) atoms. The van der Waals surface area contributed by atoms with Crippen LogP contribution in [0, 0.1) is 6.92 Å². The van der Waals surface area contributed by atoms with Crippen molar-refractivity contribution < 1.29 is 4.42 Å². The summed E-state index contributed by atoms with van der Waals surface area (Å²) in [5, 5.41) is 0.695. The molecule has 0 atom stereocenters. The molecule has 2 aromatic rings. The molecule has 0 aliphatic carbocycles. The van der Waals surface area contributed by atoms with E-state index in [-0.39, 0.29) is 0 Å². The monoisotopic (exact) mass is 307 g/mol. The summed E-state index contributed by atoms with van der Waals surface area (Å²) in [6.07, 6.45) is 3.63. The molecule has 96 valence electrons. The first-order valence-corrected chi connectivity index (χ1v) is 7.48. The van der Waals surface area contributed by atoms with Crippen LogP contribution in [-0.4, -0.2) is 4.98 Å². The SMILES string of the molecule is CCCCc1ccc(-c2nc(C)oc2CBr)cc1. The number of hydrogen-bond acceptors (Lipinski definition) is 2. The van der Waals surface area contributed by atoms with Crippen LogP contribution in [0.25, 0.3) is 11.3 Å². The van der Waals surface area contributed by atoms with Crippen molar-refractivity contribution >= 4 is 15.9 Å². The highest BCUT2D eigenvalue weighted by atomic mass is 79.9. The summed E-state index contributed by atoms with van der Waals surface area (Å²) in [5.41, 5.74) is 3.47. The fourth-order valence-electron chi connectivity index (χ4n) is 2.00. The molecule has 2 rings (SSSR count). The molecule has 0 saturated carbocycles. The molecule has 0 aliphatic heterocycles. The Labute approximate surface area is 117 Å². The van der Waals surface area contributed by atoms with Crippen LogP contribution in [-0.2, 0) is 11.8 Å². The van der Waals surface area contributed by atoms with Crippen LogP contribution in [0.2, 0.25) is 0 Å². The van der Waals surface area contributed by atoms with E-state index in [0.29, 0.717) is 5.33 Å². The number of aryl methyl sites for hydroxylation is 2. The van der Waals surface area contributed by atoms with Crippen LogP contribution in [0.3, 0.4) is 0 Å². The van der Waals surface area contributed by atoms with Gasteiger partial charge in [0, 0.05) is 12.5 Å². The number of oxazole rings is 1. The Kier molecular flexibility index (Phi) is 4.59. The van der Waals surface area contributed by atoms with Gasteiger partial charge in [-0.1, -0.05) is 53.5 Å². The minimum Gasteiger partial charge on any atom is -0.444 e. The third kappa shape index (κ3) is 3.02. The molecule has 1 aromatic carbocycles. The van der Waals surface area contributed by atoms with Crippen molar-refractivity contribution in [3.8, 4) is 11.3 Å². The van der Waals surface area contributed by atoms with E-state index < -0.39 is 0 Å². The minimum absolute atomic E-state index is 0.695. The Hall–Kier alpha value is -1.09. The lowest BCUT2D eigenvalue weighted by molar-refractivity contribution is 0.492. The first-order chi connectivity index (χ1) is 8.74. The Bertz CT molecular complexity index is 502. The molecule has 0 spiro atoms. The molecular weight excluding hydrogens is 290 g/mol. The van der Waals surface area contributed by atoms with Crippen molar-refractivity contribution in [2.75, 3.05) is 0 Å². The molecule has 0 radical (unpaired) electrons. The molecule has 0 aliphatic rings. The van der Waals surface area contributed by atoms with E-state index in [0.717, 1.165) is 29.3 Å². The van der Waals surface area contributed by atoms with E-state index >= 15 is 0 Å². The van der Waals surface area contributed by atoms with Gasteiger partial charge in [-0.2, -0.15) is 0 Å². The van der Waals surface area contributed by atoms with Gasteiger partial charge in [0.1, 0.15) is 11.5 Å². The Balaban J connectivity index is 2.22. The summed E-state index contributed by atoms with van der Waals surface area (Å²) in [7, 11) is 0. The number of nitrogens with zero attached hydrogens (tertiary/aromatic N) is 1. The van der Waals surface area contributed by atoms with Gasteiger partial charge in [0.15, 0.2) is 5.89 Å². The predicted octanol–water partition coefficient (Wildman–Crippen LogP) is 4.89. The Morgan fingerprint density at radius 1 is 1.22 bits per heavy atom. The highest BCUT2D eigenvalue weighted by molar-refractivity contribution is 9.08. The van der Waals surface area contributed by atoms with Gasteiger partial charge < -0.3 is 4.42 Å². The summed E-state index contributed by atoms with van der Waals surface area (Å²) < 4.78 is 5.56. The van der Waals surface area contributed by atoms with Crippen LogP contribution < -0.4 is 0 Å². The molecule has 0 bridgehead atoms. The summed E-state index contributed by atoms with van der Waals surface area (Å²) in [6.45, 7) is 4.10. The minimum atomic E-state index is 0.695. The maximum Gasteiger partial charge on any atom is 0.191 e. The maximum atomic E-state index is 5.56. The quantitative estimate of drug-likeness (QED) is 0.735. The summed E-state index contributed by atoms with van der Waals surface area (Å²) in [4.78, 5) is 4.45. The van der Waals surface area contributed by atoms with Gasteiger partial charge in [-0.05, 0) is 18.4 Å². The molecule has 0 saturated heterocycles. The lowest BCUT2D eigenvalue weighted by Crippen LogP contribution is -1.87. The number of hydrogen-bond donors (Lipinski definition) is 0. The normalized spacial score (nSPS) is 10.8. The maximum absolute atomic E-state index is 5.56. The van der Waals surface area contributed by atoms with Crippen LogP contribution in [0.1, 0.15) is 37.0 Å².